The van der Waals surface area contributed by atoms with Gasteiger partial charge in [0.15, 0.2) is 0 Å². The number of hydrogen-bond acceptors (Lipinski definition) is 8. The van der Waals surface area contributed by atoms with Gasteiger partial charge in [0.1, 0.15) is 11.6 Å². The Hall–Kier alpha value is -3.37. The molecule has 2 fully saturated rings. The van der Waals surface area contributed by atoms with Crippen LogP contribution in [0.3, 0.4) is 0 Å². The quantitative estimate of drug-likeness (QED) is 0.529. The highest BCUT2D eigenvalue weighted by molar-refractivity contribution is 5.94. The fraction of sp³-hybridized carbons (Fsp3) is 0.519. The Morgan fingerprint density at radius 1 is 1.22 bits per heavy atom. The lowest BCUT2D eigenvalue weighted by atomic mass is 9.73. The van der Waals surface area contributed by atoms with Crippen molar-refractivity contribution in [2.45, 2.75) is 63.1 Å². The van der Waals surface area contributed by atoms with Crippen molar-refractivity contribution in [1.82, 2.24) is 30.0 Å². The van der Waals surface area contributed by atoms with Gasteiger partial charge in [-0.1, -0.05) is 13.0 Å². The number of fused-ring (bicyclic) bond motifs is 3. The van der Waals surface area contributed by atoms with E-state index in [1.807, 2.05) is 50.9 Å². The maximum absolute atomic E-state index is 13.1. The molecule has 3 aromatic heterocycles. The lowest BCUT2D eigenvalue weighted by Gasteiger charge is -2.46. The van der Waals surface area contributed by atoms with Gasteiger partial charge in [0.05, 0.1) is 30.1 Å². The van der Waals surface area contributed by atoms with Gasteiger partial charge in [-0.3, -0.25) is 14.8 Å². The summed E-state index contributed by atoms with van der Waals surface area (Å²) in [7, 11) is 3.80. The number of carbonyl (C=O) groups is 1. The lowest BCUT2D eigenvalue weighted by Crippen LogP contribution is -2.54. The average molecular weight is 503 g/mol. The highest BCUT2D eigenvalue weighted by Gasteiger charge is 2.55. The Morgan fingerprint density at radius 2 is 2.05 bits per heavy atom. The Labute approximate surface area is 216 Å². The maximum Gasteiger partial charge on any atom is 0.231 e. The molecule has 2 aliphatic heterocycles. The van der Waals surface area contributed by atoms with Gasteiger partial charge in [-0.2, -0.15) is 10.1 Å². The summed E-state index contributed by atoms with van der Waals surface area (Å²) in [6, 6.07) is 6.18. The molecule has 37 heavy (non-hydrogen) atoms. The van der Waals surface area contributed by atoms with Crippen LogP contribution in [0.1, 0.15) is 56.4 Å². The predicted molar refractivity (Wildman–Crippen MR) is 140 cm³/mol. The number of amides is 1. The Kier molecular flexibility index (Phi) is 5.57. The van der Waals surface area contributed by atoms with E-state index in [9.17, 15) is 4.79 Å². The third-order valence-electron chi connectivity index (χ3n) is 8.02. The standard InChI is InChI=1S/C27H34N8O2/c1-26(2)10-21-27(3,15-37-26)20-13-29-25(33-24(36)19-9-18(19)16-11-30-34(5)14-16)32-23(20)35(21)22-8-6-7-17(31-22)12-28-4/h6-8,11,13-14,18-19,21,28H,9-10,12,15H2,1-5H3,(H,29,32,33,36)/t18-,19+,21+,27+/m0/s1. The number of nitrogens with one attached hydrogen (secondary N) is 2. The van der Waals surface area contributed by atoms with Gasteiger partial charge in [-0.05, 0) is 57.4 Å². The summed E-state index contributed by atoms with van der Waals surface area (Å²) in [6.45, 7) is 7.71. The largest absolute Gasteiger partial charge is 0.374 e. The number of carbonyl (C=O) groups excluding carboxylic acids is 1. The van der Waals surface area contributed by atoms with Gasteiger partial charge in [-0.15, -0.1) is 0 Å². The zero-order valence-electron chi connectivity index (χ0n) is 22.0. The van der Waals surface area contributed by atoms with Crippen LogP contribution in [0.4, 0.5) is 17.6 Å². The zero-order chi connectivity index (χ0) is 25.9. The van der Waals surface area contributed by atoms with E-state index in [1.54, 1.807) is 4.68 Å². The Morgan fingerprint density at radius 3 is 2.81 bits per heavy atom. The third kappa shape index (κ3) is 4.18. The number of rotatable bonds is 6. The van der Waals surface area contributed by atoms with Crippen LogP contribution in [0, 0.1) is 5.92 Å². The van der Waals surface area contributed by atoms with Crippen LogP contribution in [-0.2, 0) is 28.5 Å². The molecule has 3 aromatic rings. The second kappa shape index (κ2) is 8.59. The predicted octanol–water partition coefficient (Wildman–Crippen LogP) is 3.04. The highest BCUT2D eigenvalue weighted by Crippen LogP contribution is 2.53. The zero-order valence-corrected chi connectivity index (χ0v) is 22.0. The number of aromatic nitrogens is 5. The third-order valence-corrected chi connectivity index (χ3v) is 8.02. The van der Waals surface area contributed by atoms with E-state index in [-0.39, 0.29) is 34.8 Å². The number of pyridine rings is 1. The second-order valence-corrected chi connectivity index (χ2v) is 11.4. The molecule has 0 spiro atoms. The molecule has 194 valence electrons. The average Bonchev–Trinajstić information content (AvgIpc) is 3.48. The summed E-state index contributed by atoms with van der Waals surface area (Å²) in [4.78, 5) is 29.7. The normalized spacial score (nSPS) is 27.5. The first-order valence-corrected chi connectivity index (χ1v) is 12.9. The first kappa shape index (κ1) is 24.0. The first-order chi connectivity index (χ1) is 17.7. The van der Waals surface area contributed by atoms with Gasteiger partial charge >= 0.3 is 0 Å². The molecule has 1 amide bonds. The number of aryl methyl sites for hydroxylation is 1. The number of anilines is 3. The molecule has 6 rings (SSSR count). The van der Waals surface area contributed by atoms with Crippen molar-refractivity contribution in [3.8, 4) is 0 Å². The molecular weight excluding hydrogens is 468 g/mol. The Balaban J connectivity index is 1.32. The van der Waals surface area contributed by atoms with Crippen molar-refractivity contribution < 1.29 is 9.53 Å². The van der Waals surface area contributed by atoms with Gasteiger partial charge in [0.25, 0.3) is 0 Å². The molecule has 10 nitrogen and oxygen atoms in total. The molecule has 2 N–H and O–H groups in total. The summed E-state index contributed by atoms with van der Waals surface area (Å²) in [5.41, 5.74) is 2.50. The van der Waals surface area contributed by atoms with Crippen molar-refractivity contribution in [2.75, 3.05) is 23.9 Å². The lowest BCUT2D eigenvalue weighted by molar-refractivity contribution is -0.117. The molecule has 5 heterocycles. The molecule has 1 saturated heterocycles. The van der Waals surface area contributed by atoms with Gasteiger partial charge in [-0.25, -0.2) is 9.97 Å². The van der Waals surface area contributed by atoms with Crippen LogP contribution in [0.5, 0.6) is 0 Å². The minimum atomic E-state index is -0.296. The molecule has 0 unspecified atom stereocenters. The monoisotopic (exact) mass is 502 g/mol. The van der Waals surface area contributed by atoms with Crippen LogP contribution in [0.25, 0.3) is 0 Å². The number of ether oxygens (including phenoxy) is 1. The first-order valence-electron chi connectivity index (χ1n) is 12.9. The second-order valence-electron chi connectivity index (χ2n) is 11.4. The minimum absolute atomic E-state index is 0.0550. The van der Waals surface area contributed by atoms with E-state index in [0.29, 0.717) is 19.1 Å². The fourth-order valence-corrected chi connectivity index (χ4v) is 5.83. The van der Waals surface area contributed by atoms with Crippen LogP contribution in [0.2, 0.25) is 0 Å². The summed E-state index contributed by atoms with van der Waals surface area (Å²) < 4.78 is 8.06. The van der Waals surface area contributed by atoms with Crippen LogP contribution >= 0.6 is 0 Å². The topological polar surface area (TPSA) is 110 Å². The molecule has 0 bridgehead atoms. The van der Waals surface area contributed by atoms with E-state index >= 15 is 0 Å². The molecule has 3 aliphatic rings. The van der Waals surface area contributed by atoms with Crippen LogP contribution in [0.15, 0.2) is 36.8 Å². The van der Waals surface area contributed by atoms with Crippen LogP contribution in [-0.4, -0.2) is 55.9 Å². The van der Waals surface area contributed by atoms with E-state index in [2.05, 4.69) is 46.4 Å². The van der Waals surface area contributed by atoms with Crippen molar-refractivity contribution in [3.05, 3.63) is 53.6 Å². The van der Waals surface area contributed by atoms with Crippen LogP contribution < -0.4 is 15.5 Å². The van der Waals surface area contributed by atoms with Crippen molar-refractivity contribution in [1.29, 1.82) is 0 Å². The SMILES string of the molecule is CNCc1cccc(N2c3nc(NC(=O)[C@@H]4C[C@H]4c4cnn(C)c4)ncc3[C@@]3(C)COC(C)(C)C[C@@H]23)n1. The van der Waals surface area contributed by atoms with E-state index in [1.165, 1.54) is 0 Å². The van der Waals surface area contributed by atoms with E-state index < -0.39 is 0 Å². The number of hydrogen-bond donors (Lipinski definition) is 2. The van der Waals surface area contributed by atoms with Gasteiger partial charge < -0.3 is 15.0 Å². The molecule has 0 radical (unpaired) electrons. The summed E-state index contributed by atoms with van der Waals surface area (Å²) >= 11 is 0. The van der Waals surface area contributed by atoms with E-state index in [0.717, 1.165) is 41.3 Å². The number of nitrogens with zero attached hydrogens (tertiary/aromatic N) is 6. The smallest absolute Gasteiger partial charge is 0.231 e. The Bertz CT molecular complexity index is 1350. The summed E-state index contributed by atoms with van der Waals surface area (Å²) in [6.07, 6.45) is 7.29. The molecule has 0 aromatic carbocycles. The highest BCUT2D eigenvalue weighted by atomic mass is 16.5. The summed E-state index contributed by atoms with van der Waals surface area (Å²) in [5.74, 6) is 1.99. The molecular formula is C27H34N8O2. The minimum Gasteiger partial charge on any atom is -0.374 e. The maximum atomic E-state index is 13.1. The van der Waals surface area contributed by atoms with Gasteiger partial charge in [0.2, 0.25) is 11.9 Å². The summed E-state index contributed by atoms with van der Waals surface area (Å²) in [5, 5.41) is 10.4. The van der Waals surface area contributed by atoms with Crippen molar-refractivity contribution >= 4 is 23.5 Å². The van der Waals surface area contributed by atoms with E-state index in [4.69, 9.17) is 14.7 Å². The molecule has 4 atom stereocenters. The van der Waals surface area contributed by atoms with Crippen molar-refractivity contribution in [2.24, 2.45) is 13.0 Å². The fourth-order valence-electron chi connectivity index (χ4n) is 5.83. The molecule has 1 saturated carbocycles. The molecule has 10 heteroatoms. The van der Waals surface area contributed by atoms with Crippen molar-refractivity contribution in [3.63, 3.8) is 0 Å². The molecule has 1 aliphatic carbocycles. The van der Waals surface area contributed by atoms with Gasteiger partial charge in [0, 0.05) is 42.9 Å².